The third-order valence-corrected chi connectivity index (χ3v) is 4.31. The number of carbonyl (C=O) groups is 1. The number of amides is 1. The molecule has 1 amide bonds. The minimum absolute atomic E-state index is 0.0510. The fourth-order valence-corrected chi connectivity index (χ4v) is 3.28. The lowest BCUT2D eigenvalue weighted by Gasteiger charge is -2.19. The van der Waals surface area contributed by atoms with Gasteiger partial charge < -0.3 is 19.4 Å². The van der Waals surface area contributed by atoms with Crippen LogP contribution in [0.2, 0.25) is 0 Å². The smallest absolute Gasteiger partial charge is 0.253 e. The van der Waals surface area contributed by atoms with Crippen LogP contribution in [0.15, 0.2) is 24.3 Å². The zero-order valence-electron chi connectivity index (χ0n) is 14.7. The quantitative estimate of drug-likeness (QED) is 0.936. The van der Waals surface area contributed by atoms with Crippen molar-refractivity contribution in [1.29, 1.82) is 0 Å². The van der Waals surface area contributed by atoms with Crippen molar-refractivity contribution in [2.45, 2.75) is 40.3 Å². The van der Waals surface area contributed by atoms with Crippen molar-refractivity contribution in [2.24, 2.45) is 0 Å². The van der Waals surface area contributed by atoms with Gasteiger partial charge in [-0.25, -0.2) is 0 Å². The van der Waals surface area contributed by atoms with E-state index >= 15 is 0 Å². The van der Waals surface area contributed by atoms with E-state index in [4.69, 9.17) is 9.47 Å². The van der Waals surface area contributed by atoms with Gasteiger partial charge in [-0.2, -0.15) is 0 Å². The molecule has 2 aromatic rings. The van der Waals surface area contributed by atoms with Gasteiger partial charge in [0.05, 0.1) is 5.56 Å². The number of hydrogen-bond acceptors (Lipinski definition) is 3. The molecule has 2 heterocycles. The van der Waals surface area contributed by atoms with Crippen LogP contribution in [0.25, 0.3) is 0 Å². The van der Waals surface area contributed by atoms with Gasteiger partial charge in [0.25, 0.3) is 5.91 Å². The maximum atomic E-state index is 12.5. The Bertz CT molecular complexity index is 762. The highest BCUT2D eigenvalue weighted by Gasteiger charge is 2.17. The number of aromatic nitrogens is 1. The van der Waals surface area contributed by atoms with Crippen molar-refractivity contribution in [3.8, 4) is 11.5 Å². The molecule has 1 aromatic heterocycles. The van der Waals surface area contributed by atoms with Crippen molar-refractivity contribution < 1.29 is 14.3 Å². The van der Waals surface area contributed by atoms with Gasteiger partial charge in [-0.3, -0.25) is 4.79 Å². The minimum Gasteiger partial charge on any atom is -0.486 e. The Hall–Kier alpha value is -2.43. The molecule has 0 bridgehead atoms. The van der Waals surface area contributed by atoms with Crippen LogP contribution in [0.4, 0.5) is 0 Å². The maximum Gasteiger partial charge on any atom is 0.253 e. The van der Waals surface area contributed by atoms with Gasteiger partial charge in [0, 0.05) is 24.0 Å². The van der Waals surface area contributed by atoms with Crippen LogP contribution in [-0.2, 0) is 6.54 Å². The van der Waals surface area contributed by atoms with E-state index in [0.29, 0.717) is 25.8 Å². The first-order valence-corrected chi connectivity index (χ1v) is 8.32. The summed E-state index contributed by atoms with van der Waals surface area (Å²) >= 11 is 0. The molecule has 3 rings (SSSR count). The number of aryl methyl sites for hydroxylation is 1. The fourth-order valence-electron chi connectivity index (χ4n) is 3.28. The van der Waals surface area contributed by atoms with Crippen molar-refractivity contribution >= 4 is 5.91 Å². The number of carbonyl (C=O) groups excluding carboxylic acids is 1. The summed E-state index contributed by atoms with van der Waals surface area (Å²) < 4.78 is 13.3. The molecule has 1 aromatic carbocycles. The number of fused-ring (bicyclic) bond motifs is 1. The summed E-state index contributed by atoms with van der Waals surface area (Å²) in [5.74, 6) is 1.45. The highest BCUT2D eigenvalue weighted by Crippen LogP contribution is 2.30. The Balaban J connectivity index is 1.71. The van der Waals surface area contributed by atoms with E-state index in [2.05, 4.69) is 23.7 Å². The molecule has 1 aliphatic heterocycles. The van der Waals surface area contributed by atoms with E-state index in [1.165, 1.54) is 0 Å². The Kier molecular flexibility index (Phi) is 4.51. The number of nitrogens with zero attached hydrogens (tertiary/aromatic N) is 1. The van der Waals surface area contributed by atoms with Crippen molar-refractivity contribution in [1.82, 2.24) is 9.88 Å². The first-order chi connectivity index (χ1) is 11.5. The van der Waals surface area contributed by atoms with Crippen LogP contribution in [-0.4, -0.2) is 23.7 Å². The number of benzene rings is 1. The van der Waals surface area contributed by atoms with Gasteiger partial charge in [-0.1, -0.05) is 6.07 Å². The number of hydrogen-bond donors (Lipinski definition) is 1. The molecule has 0 aliphatic carbocycles. The molecule has 0 atom stereocenters. The van der Waals surface area contributed by atoms with Gasteiger partial charge in [-0.05, 0) is 51.5 Å². The summed E-state index contributed by atoms with van der Waals surface area (Å²) in [4.78, 5) is 12.5. The number of ether oxygens (including phenoxy) is 2. The SMILES string of the molecule is Cc1cc(C(=O)NCc2ccc3c(c2)OCCO3)c(C)n1C(C)C. The standard InChI is InChI=1S/C19H24N2O3/c1-12(2)21-13(3)9-16(14(21)4)19(22)20-11-15-5-6-17-18(10-15)24-8-7-23-17/h5-6,9-10,12H,7-8,11H2,1-4H3,(H,20,22). The third-order valence-electron chi connectivity index (χ3n) is 4.31. The molecular formula is C19H24N2O3. The largest absolute Gasteiger partial charge is 0.486 e. The molecule has 24 heavy (non-hydrogen) atoms. The number of rotatable bonds is 4. The van der Waals surface area contributed by atoms with Gasteiger partial charge in [0.15, 0.2) is 11.5 Å². The van der Waals surface area contributed by atoms with E-state index in [1.54, 1.807) is 0 Å². The molecule has 0 radical (unpaired) electrons. The van der Waals surface area contributed by atoms with Crippen LogP contribution in [0.3, 0.4) is 0 Å². The molecule has 0 spiro atoms. The second-order valence-corrected chi connectivity index (χ2v) is 6.41. The average molecular weight is 328 g/mol. The summed E-state index contributed by atoms with van der Waals surface area (Å²) in [7, 11) is 0. The zero-order valence-corrected chi connectivity index (χ0v) is 14.7. The second-order valence-electron chi connectivity index (χ2n) is 6.41. The first kappa shape index (κ1) is 16.4. The summed E-state index contributed by atoms with van der Waals surface area (Å²) in [5, 5.41) is 2.99. The Labute approximate surface area is 142 Å². The van der Waals surface area contributed by atoms with Crippen molar-refractivity contribution in [2.75, 3.05) is 13.2 Å². The lowest BCUT2D eigenvalue weighted by atomic mass is 10.1. The monoisotopic (exact) mass is 328 g/mol. The molecule has 128 valence electrons. The van der Waals surface area contributed by atoms with Crippen molar-refractivity contribution in [3.63, 3.8) is 0 Å². The Morgan fingerprint density at radius 3 is 2.54 bits per heavy atom. The summed E-state index contributed by atoms with van der Waals surface area (Å²) in [6.07, 6.45) is 0. The predicted molar refractivity (Wildman–Crippen MR) is 92.9 cm³/mol. The predicted octanol–water partition coefficient (Wildman–Crippen LogP) is 3.39. The lowest BCUT2D eigenvalue weighted by molar-refractivity contribution is 0.0950. The molecule has 5 heteroatoms. The van der Waals surface area contributed by atoms with Crippen LogP contribution in [0.1, 0.15) is 47.2 Å². The maximum absolute atomic E-state index is 12.5. The average Bonchev–Trinajstić information content (AvgIpc) is 2.87. The molecule has 0 saturated heterocycles. The summed E-state index contributed by atoms with van der Waals surface area (Å²) in [6, 6.07) is 8.05. The van der Waals surface area contributed by atoms with E-state index in [0.717, 1.165) is 34.0 Å². The highest BCUT2D eigenvalue weighted by molar-refractivity contribution is 5.95. The molecular weight excluding hydrogens is 304 g/mol. The van der Waals surface area contributed by atoms with Crippen molar-refractivity contribution in [3.05, 3.63) is 46.8 Å². The minimum atomic E-state index is -0.0510. The Morgan fingerprint density at radius 2 is 1.88 bits per heavy atom. The lowest BCUT2D eigenvalue weighted by Crippen LogP contribution is -2.23. The number of nitrogens with one attached hydrogen (secondary N) is 1. The van der Waals surface area contributed by atoms with Gasteiger partial charge in [0.1, 0.15) is 13.2 Å². The molecule has 0 saturated carbocycles. The summed E-state index contributed by atoms with van der Waals surface area (Å²) in [5.41, 5.74) is 3.83. The topological polar surface area (TPSA) is 52.5 Å². The second kappa shape index (κ2) is 6.59. The normalized spacial score (nSPS) is 13.2. The Morgan fingerprint density at radius 1 is 1.17 bits per heavy atom. The van der Waals surface area contributed by atoms with Gasteiger partial charge in [0.2, 0.25) is 0 Å². The fraction of sp³-hybridized carbons (Fsp3) is 0.421. The molecule has 1 aliphatic rings. The molecule has 5 nitrogen and oxygen atoms in total. The van der Waals surface area contributed by atoms with Crippen LogP contribution in [0.5, 0.6) is 11.5 Å². The molecule has 0 unspecified atom stereocenters. The first-order valence-electron chi connectivity index (χ1n) is 8.32. The van der Waals surface area contributed by atoms with E-state index < -0.39 is 0 Å². The van der Waals surface area contributed by atoms with E-state index in [9.17, 15) is 4.79 Å². The molecule has 1 N–H and O–H groups in total. The third kappa shape index (κ3) is 3.11. The van der Waals surface area contributed by atoms with E-state index in [-0.39, 0.29) is 5.91 Å². The van der Waals surface area contributed by atoms with Crippen LogP contribution >= 0.6 is 0 Å². The summed E-state index contributed by atoms with van der Waals surface area (Å²) in [6.45, 7) is 9.86. The van der Waals surface area contributed by atoms with Gasteiger partial charge in [-0.15, -0.1) is 0 Å². The van der Waals surface area contributed by atoms with E-state index in [1.807, 2.05) is 38.1 Å². The molecule has 0 fully saturated rings. The zero-order chi connectivity index (χ0) is 17.3. The highest BCUT2D eigenvalue weighted by atomic mass is 16.6. The van der Waals surface area contributed by atoms with Crippen LogP contribution in [0, 0.1) is 13.8 Å². The van der Waals surface area contributed by atoms with Crippen LogP contribution < -0.4 is 14.8 Å². The van der Waals surface area contributed by atoms with Gasteiger partial charge >= 0.3 is 0 Å².